The molecule has 0 unspecified atom stereocenters. The van der Waals surface area contributed by atoms with Gasteiger partial charge in [-0.15, -0.1) is 11.3 Å². The largest absolute Gasteiger partial charge is 0.291 e. The van der Waals surface area contributed by atoms with Crippen molar-refractivity contribution in [3.63, 3.8) is 0 Å². The van der Waals surface area contributed by atoms with Crippen LogP contribution in [0, 0.1) is 0 Å². The van der Waals surface area contributed by atoms with E-state index in [1.807, 2.05) is 0 Å². The van der Waals surface area contributed by atoms with Gasteiger partial charge < -0.3 is 0 Å². The van der Waals surface area contributed by atoms with E-state index in [1.165, 1.54) is 11.3 Å². The van der Waals surface area contributed by atoms with Gasteiger partial charge in [-0.05, 0) is 17.9 Å². The lowest BCUT2D eigenvalue weighted by Crippen LogP contribution is -2.43. The highest BCUT2D eigenvalue weighted by Crippen LogP contribution is 2.15. The van der Waals surface area contributed by atoms with Crippen LogP contribution >= 0.6 is 11.3 Å². The molecule has 0 radical (unpaired) electrons. The summed E-state index contributed by atoms with van der Waals surface area (Å²) < 4.78 is 0. The zero-order valence-corrected chi connectivity index (χ0v) is 9.46. The van der Waals surface area contributed by atoms with Crippen molar-refractivity contribution in [3.05, 3.63) is 22.4 Å². The molecule has 1 aliphatic heterocycles. The maximum absolute atomic E-state index is 11.7. The Balaban J connectivity index is 2.06. The molecule has 0 aromatic carbocycles. The summed E-state index contributed by atoms with van der Waals surface area (Å²) in [5, 5.41) is 1.80. The standard InChI is InChI=1S/C11H11NO3S/c13-8(9-3-2-6-16-9)7-12-10(14)4-1-5-11(12)15/h2-3,6H,1,4-5,7H2. The number of hydrogen-bond acceptors (Lipinski definition) is 4. The second kappa shape index (κ2) is 4.57. The van der Waals surface area contributed by atoms with Crippen LogP contribution in [-0.4, -0.2) is 29.0 Å². The van der Waals surface area contributed by atoms with Crippen LogP contribution in [0.1, 0.15) is 28.9 Å². The summed E-state index contributed by atoms with van der Waals surface area (Å²) in [4.78, 5) is 36.3. The Hall–Kier alpha value is -1.49. The number of nitrogens with zero attached hydrogens (tertiary/aromatic N) is 1. The van der Waals surface area contributed by atoms with E-state index in [9.17, 15) is 14.4 Å². The van der Waals surface area contributed by atoms with Crippen molar-refractivity contribution in [2.24, 2.45) is 0 Å². The summed E-state index contributed by atoms with van der Waals surface area (Å²) in [5.41, 5.74) is 0. The van der Waals surface area contributed by atoms with Gasteiger partial charge in [0, 0.05) is 12.8 Å². The number of hydrogen-bond donors (Lipinski definition) is 0. The molecule has 0 atom stereocenters. The number of amides is 2. The topological polar surface area (TPSA) is 54.5 Å². The van der Waals surface area contributed by atoms with Crippen molar-refractivity contribution in [2.75, 3.05) is 6.54 Å². The Morgan fingerprint density at radius 1 is 1.31 bits per heavy atom. The molecular weight excluding hydrogens is 226 g/mol. The van der Waals surface area contributed by atoms with E-state index in [0.717, 1.165) is 4.90 Å². The highest BCUT2D eigenvalue weighted by atomic mass is 32.1. The SMILES string of the molecule is O=C(CN1C(=O)CCCC1=O)c1cccs1. The monoisotopic (exact) mass is 237 g/mol. The third kappa shape index (κ3) is 2.19. The summed E-state index contributed by atoms with van der Waals surface area (Å²) in [6, 6.07) is 3.48. The molecule has 4 nitrogen and oxygen atoms in total. The molecule has 0 saturated carbocycles. The van der Waals surface area contributed by atoms with Crippen LogP contribution in [-0.2, 0) is 9.59 Å². The number of thiophene rings is 1. The number of piperidine rings is 1. The van der Waals surface area contributed by atoms with Crippen LogP contribution in [0.5, 0.6) is 0 Å². The molecule has 0 spiro atoms. The smallest absolute Gasteiger partial charge is 0.229 e. The average molecular weight is 237 g/mol. The van der Waals surface area contributed by atoms with E-state index < -0.39 is 0 Å². The minimum absolute atomic E-state index is 0.113. The van der Waals surface area contributed by atoms with Crippen LogP contribution in [0.3, 0.4) is 0 Å². The molecule has 1 aromatic heterocycles. The first-order chi connectivity index (χ1) is 7.68. The average Bonchev–Trinajstić information content (AvgIpc) is 2.76. The summed E-state index contributed by atoms with van der Waals surface area (Å²) in [5.74, 6) is -0.638. The fraction of sp³-hybridized carbons (Fsp3) is 0.364. The zero-order valence-electron chi connectivity index (χ0n) is 8.64. The first kappa shape index (κ1) is 11.0. The quantitative estimate of drug-likeness (QED) is 0.591. The molecule has 1 aromatic rings. The van der Waals surface area contributed by atoms with Crippen molar-refractivity contribution in [1.29, 1.82) is 0 Å². The maximum atomic E-state index is 11.7. The molecule has 1 saturated heterocycles. The van der Waals surface area contributed by atoms with E-state index >= 15 is 0 Å². The van der Waals surface area contributed by atoms with Gasteiger partial charge in [-0.3, -0.25) is 19.3 Å². The minimum Gasteiger partial charge on any atom is -0.291 e. The molecule has 2 heterocycles. The lowest BCUT2D eigenvalue weighted by molar-refractivity contribution is -0.147. The van der Waals surface area contributed by atoms with Gasteiger partial charge in [0.05, 0.1) is 11.4 Å². The molecule has 5 heteroatoms. The molecule has 2 rings (SSSR count). The molecule has 84 valence electrons. The fourth-order valence-electron chi connectivity index (χ4n) is 1.63. The van der Waals surface area contributed by atoms with Gasteiger partial charge in [0.25, 0.3) is 0 Å². The lowest BCUT2D eigenvalue weighted by atomic mass is 10.1. The summed E-state index contributed by atoms with van der Waals surface area (Å²) in [6.45, 7) is -0.113. The molecule has 0 bridgehead atoms. The van der Waals surface area contributed by atoms with Gasteiger partial charge in [-0.1, -0.05) is 6.07 Å². The van der Waals surface area contributed by atoms with E-state index in [4.69, 9.17) is 0 Å². The van der Waals surface area contributed by atoms with E-state index in [2.05, 4.69) is 0 Å². The molecule has 1 fully saturated rings. The second-order valence-electron chi connectivity index (χ2n) is 3.63. The van der Waals surface area contributed by atoms with Gasteiger partial charge >= 0.3 is 0 Å². The van der Waals surface area contributed by atoms with Gasteiger partial charge in [-0.25, -0.2) is 0 Å². The Morgan fingerprint density at radius 3 is 2.56 bits per heavy atom. The summed E-state index contributed by atoms with van der Waals surface area (Å²) in [7, 11) is 0. The normalized spacial score (nSPS) is 16.6. The number of ketones is 1. The van der Waals surface area contributed by atoms with Gasteiger partial charge in [0.15, 0.2) is 5.78 Å². The predicted octanol–water partition coefficient (Wildman–Crippen LogP) is 1.47. The molecule has 1 aliphatic rings. The minimum atomic E-state index is -0.235. The first-order valence-corrected chi connectivity index (χ1v) is 5.96. The lowest BCUT2D eigenvalue weighted by Gasteiger charge is -2.23. The van der Waals surface area contributed by atoms with Crippen LogP contribution in [0.2, 0.25) is 0 Å². The van der Waals surface area contributed by atoms with Crippen molar-refractivity contribution >= 4 is 28.9 Å². The molecule has 16 heavy (non-hydrogen) atoms. The zero-order chi connectivity index (χ0) is 11.5. The third-order valence-corrected chi connectivity index (χ3v) is 3.39. The number of carbonyl (C=O) groups excluding carboxylic acids is 3. The molecule has 0 aliphatic carbocycles. The summed E-state index contributed by atoms with van der Waals surface area (Å²) in [6.07, 6.45) is 1.33. The van der Waals surface area contributed by atoms with E-state index in [0.29, 0.717) is 24.1 Å². The summed E-state index contributed by atoms with van der Waals surface area (Å²) >= 11 is 1.32. The van der Waals surface area contributed by atoms with Gasteiger partial charge in [-0.2, -0.15) is 0 Å². The Bertz CT molecular complexity index is 408. The van der Waals surface area contributed by atoms with E-state index in [-0.39, 0.29) is 24.1 Å². The molecule has 2 amide bonds. The number of carbonyl (C=O) groups is 3. The van der Waals surface area contributed by atoms with Gasteiger partial charge in [0.1, 0.15) is 0 Å². The predicted molar refractivity (Wildman–Crippen MR) is 59.2 cm³/mol. The van der Waals surface area contributed by atoms with Crippen molar-refractivity contribution in [2.45, 2.75) is 19.3 Å². The van der Waals surface area contributed by atoms with Crippen LogP contribution in [0.25, 0.3) is 0 Å². The number of Topliss-reactive ketones (excluding diaryl/α,β-unsaturated/α-hetero) is 1. The van der Waals surface area contributed by atoms with Crippen LogP contribution < -0.4 is 0 Å². The van der Waals surface area contributed by atoms with Crippen molar-refractivity contribution in [1.82, 2.24) is 4.90 Å². The fourth-order valence-corrected chi connectivity index (χ4v) is 2.29. The highest BCUT2D eigenvalue weighted by Gasteiger charge is 2.28. The third-order valence-electron chi connectivity index (χ3n) is 2.48. The number of rotatable bonds is 3. The van der Waals surface area contributed by atoms with Crippen LogP contribution in [0.4, 0.5) is 0 Å². The maximum Gasteiger partial charge on any atom is 0.229 e. The van der Waals surface area contributed by atoms with Crippen molar-refractivity contribution in [3.8, 4) is 0 Å². The first-order valence-electron chi connectivity index (χ1n) is 5.08. The Kier molecular flexibility index (Phi) is 3.14. The van der Waals surface area contributed by atoms with Crippen molar-refractivity contribution < 1.29 is 14.4 Å². The van der Waals surface area contributed by atoms with Crippen LogP contribution in [0.15, 0.2) is 17.5 Å². The Labute approximate surface area is 96.9 Å². The molecule has 0 N–H and O–H groups in total. The number of likely N-dealkylation sites (tertiary alicyclic amines) is 1. The van der Waals surface area contributed by atoms with E-state index in [1.54, 1.807) is 17.5 Å². The second-order valence-corrected chi connectivity index (χ2v) is 4.58. The van der Waals surface area contributed by atoms with Gasteiger partial charge in [0.2, 0.25) is 11.8 Å². The Morgan fingerprint density at radius 2 is 2.00 bits per heavy atom. The number of imide groups is 1. The molecular formula is C11H11NO3S. The highest BCUT2D eigenvalue weighted by molar-refractivity contribution is 7.12.